The number of furan rings is 1. The van der Waals surface area contributed by atoms with E-state index in [1.807, 2.05) is 36.0 Å². The fraction of sp³-hybridized carbons (Fsp3) is 0.222. The first-order chi connectivity index (χ1) is 11.6. The van der Waals surface area contributed by atoms with Gasteiger partial charge in [-0.1, -0.05) is 35.6 Å². The number of thiazole rings is 1. The van der Waals surface area contributed by atoms with Crippen molar-refractivity contribution in [1.29, 1.82) is 0 Å². The normalized spacial score (nSPS) is 13.2. The molecule has 0 saturated heterocycles. The molecule has 4 rings (SSSR count). The summed E-state index contributed by atoms with van der Waals surface area (Å²) in [7, 11) is 3.96. The molecule has 3 heterocycles. The van der Waals surface area contributed by atoms with Crippen LogP contribution in [0.15, 0.2) is 47.1 Å². The zero-order valence-electron chi connectivity index (χ0n) is 13.5. The third kappa shape index (κ3) is 2.49. The van der Waals surface area contributed by atoms with Crippen LogP contribution in [0.25, 0.3) is 11.3 Å². The Morgan fingerprint density at radius 2 is 2.04 bits per heavy atom. The van der Waals surface area contributed by atoms with Crippen LogP contribution in [0, 0.1) is 0 Å². The number of carbonyl (C=O) groups is 1. The Labute approximate surface area is 144 Å². The van der Waals surface area contributed by atoms with Crippen LogP contribution in [0.4, 0.5) is 5.13 Å². The lowest BCUT2D eigenvalue weighted by Gasteiger charge is -2.19. The lowest BCUT2D eigenvalue weighted by molar-refractivity contribution is 0.0701. The molecule has 1 aromatic carbocycles. The van der Waals surface area contributed by atoms with E-state index in [1.165, 1.54) is 6.26 Å². The maximum absolute atomic E-state index is 12.8. The smallest absolute Gasteiger partial charge is 0.290 e. The highest BCUT2D eigenvalue weighted by Crippen LogP contribution is 2.38. The van der Waals surface area contributed by atoms with Gasteiger partial charge >= 0.3 is 0 Å². The standard InChI is InChI=1S/C18H17N3O2S/c1-20(2)18-19-16-13-7-4-3-6-12(13)10-21(11-15(16)24-18)17(22)14-8-5-9-23-14/h3-9H,10-11H2,1-2H3. The first kappa shape index (κ1) is 15.0. The van der Waals surface area contributed by atoms with Gasteiger partial charge in [0.25, 0.3) is 5.91 Å². The molecule has 24 heavy (non-hydrogen) atoms. The summed E-state index contributed by atoms with van der Waals surface area (Å²) >= 11 is 1.63. The highest BCUT2D eigenvalue weighted by Gasteiger charge is 2.27. The number of aromatic nitrogens is 1. The maximum Gasteiger partial charge on any atom is 0.290 e. The van der Waals surface area contributed by atoms with E-state index in [0.717, 1.165) is 26.8 Å². The summed E-state index contributed by atoms with van der Waals surface area (Å²) in [5.41, 5.74) is 3.19. The van der Waals surface area contributed by atoms with E-state index in [4.69, 9.17) is 9.40 Å². The van der Waals surface area contributed by atoms with Crippen molar-refractivity contribution in [2.75, 3.05) is 19.0 Å². The molecule has 1 aliphatic heterocycles. The van der Waals surface area contributed by atoms with Gasteiger partial charge in [-0.15, -0.1) is 0 Å². The Morgan fingerprint density at radius 3 is 2.79 bits per heavy atom. The predicted octanol–water partition coefficient (Wildman–Crippen LogP) is 3.63. The Bertz CT molecular complexity index is 884. The molecule has 0 radical (unpaired) electrons. The van der Waals surface area contributed by atoms with Gasteiger partial charge in [-0.05, 0) is 17.7 Å². The summed E-state index contributed by atoms with van der Waals surface area (Å²) in [6.07, 6.45) is 1.53. The topological polar surface area (TPSA) is 49.6 Å². The van der Waals surface area contributed by atoms with Gasteiger partial charge in [0.2, 0.25) is 0 Å². The maximum atomic E-state index is 12.8. The van der Waals surface area contributed by atoms with E-state index < -0.39 is 0 Å². The largest absolute Gasteiger partial charge is 0.459 e. The van der Waals surface area contributed by atoms with Gasteiger partial charge in [0.15, 0.2) is 10.9 Å². The molecule has 3 aromatic rings. The molecule has 0 aliphatic carbocycles. The minimum absolute atomic E-state index is 0.0949. The van der Waals surface area contributed by atoms with Gasteiger partial charge < -0.3 is 14.2 Å². The van der Waals surface area contributed by atoms with Crippen LogP contribution in [0.2, 0.25) is 0 Å². The second-order valence-electron chi connectivity index (χ2n) is 5.96. The van der Waals surface area contributed by atoms with Crippen molar-refractivity contribution in [3.05, 3.63) is 58.9 Å². The molecule has 0 N–H and O–H groups in total. The molecular formula is C18H17N3O2S. The zero-order chi connectivity index (χ0) is 16.7. The summed E-state index contributed by atoms with van der Waals surface area (Å²) < 4.78 is 5.30. The van der Waals surface area contributed by atoms with E-state index in [0.29, 0.717) is 18.8 Å². The van der Waals surface area contributed by atoms with Crippen LogP contribution in [0.3, 0.4) is 0 Å². The second kappa shape index (κ2) is 5.79. The number of fused-ring (bicyclic) bond motifs is 3. The number of hydrogen-bond donors (Lipinski definition) is 0. The summed E-state index contributed by atoms with van der Waals surface area (Å²) in [6.45, 7) is 1.09. The van der Waals surface area contributed by atoms with Crippen LogP contribution in [-0.2, 0) is 13.1 Å². The number of carbonyl (C=O) groups excluding carboxylic acids is 1. The lowest BCUT2D eigenvalue weighted by Crippen LogP contribution is -2.28. The van der Waals surface area contributed by atoms with Gasteiger partial charge in [0.05, 0.1) is 23.4 Å². The van der Waals surface area contributed by atoms with Gasteiger partial charge in [-0.3, -0.25) is 4.79 Å². The summed E-state index contributed by atoms with van der Waals surface area (Å²) in [6, 6.07) is 11.6. The van der Waals surface area contributed by atoms with Crippen LogP contribution in [0.5, 0.6) is 0 Å². The molecule has 6 heteroatoms. The van der Waals surface area contributed by atoms with Crippen molar-refractivity contribution in [2.45, 2.75) is 13.1 Å². The second-order valence-corrected chi connectivity index (χ2v) is 7.02. The third-order valence-electron chi connectivity index (χ3n) is 4.06. The number of amides is 1. The minimum Gasteiger partial charge on any atom is -0.459 e. The van der Waals surface area contributed by atoms with Gasteiger partial charge in [-0.2, -0.15) is 0 Å². The Kier molecular flexibility index (Phi) is 3.61. The molecule has 0 saturated carbocycles. The number of benzene rings is 1. The van der Waals surface area contributed by atoms with Crippen molar-refractivity contribution < 1.29 is 9.21 Å². The van der Waals surface area contributed by atoms with E-state index in [9.17, 15) is 4.79 Å². The van der Waals surface area contributed by atoms with Crippen molar-refractivity contribution in [1.82, 2.24) is 9.88 Å². The Hall–Kier alpha value is -2.60. The van der Waals surface area contributed by atoms with E-state index in [1.54, 1.807) is 23.5 Å². The minimum atomic E-state index is -0.0949. The summed E-state index contributed by atoms with van der Waals surface area (Å²) in [5.74, 6) is 0.274. The lowest BCUT2D eigenvalue weighted by atomic mass is 10.1. The average molecular weight is 339 g/mol. The van der Waals surface area contributed by atoms with Crippen LogP contribution < -0.4 is 4.90 Å². The van der Waals surface area contributed by atoms with E-state index >= 15 is 0 Å². The number of anilines is 1. The number of rotatable bonds is 2. The van der Waals surface area contributed by atoms with Crippen molar-refractivity contribution in [2.24, 2.45) is 0 Å². The van der Waals surface area contributed by atoms with Crippen LogP contribution in [0.1, 0.15) is 21.0 Å². The molecule has 2 aromatic heterocycles. The molecule has 1 aliphatic rings. The molecule has 0 spiro atoms. The first-order valence-electron chi connectivity index (χ1n) is 7.71. The molecule has 1 amide bonds. The summed E-state index contributed by atoms with van der Waals surface area (Å²) in [5, 5.41) is 0.946. The SMILES string of the molecule is CN(C)c1nc2c(s1)CN(C(=O)c1ccco1)Cc1ccccc1-2. The monoisotopic (exact) mass is 339 g/mol. The van der Waals surface area contributed by atoms with Crippen molar-refractivity contribution in [3.8, 4) is 11.3 Å². The molecule has 122 valence electrons. The van der Waals surface area contributed by atoms with Gasteiger partial charge in [-0.25, -0.2) is 4.98 Å². The van der Waals surface area contributed by atoms with Gasteiger partial charge in [0, 0.05) is 26.2 Å². The summed E-state index contributed by atoms with van der Waals surface area (Å²) in [4.78, 5) is 22.5. The van der Waals surface area contributed by atoms with E-state index in [-0.39, 0.29) is 5.91 Å². The molecule has 0 bridgehead atoms. The quantitative estimate of drug-likeness (QED) is 0.715. The Balaban J connectivity index is 1.81. The van der Waals surface area contributed by atoms with Crippen LogP contribution >= 0.6 is 11.3 Å². The third-order valence-corrected chi connectivity index (χ3v) is 5.26. The van der Waals surface area contributed by atoms with Gasteiger partial charge in [0.1, 0.15) is 0 Å². The molecular weight excluding hydrogens is 322 g/mol. The molecule has 5 nitrogen and oxygen atoms in total. The fourth-order valence-electron chi connectivity index (χ4n) is 2.87. The molecule has 0 fully saturated rings. The fourth-order valence-corrected chi connectivity index (χ4v) is 3.88. The van der Waals surface area contributed by atoms with Crippen molar-refractivity contribution in [3.63, 3.8) is 0 Å². The number of hydrogen-bond acceptors (Lipinski definition) is 5. The first-order valence-corrected chi connectivity index (χ1v) is 8.53. The number of nitrogens with zero attached hydrogens (tertiary/aromatic N) is 3. The van der Waals surface area contributed by atoms with Crippen molar-refractivity contribution >= 4 is 22.4 Å². The highest BCUT2D eigenvalue weighted by atomic mass is 32.1. The highest BCUT2D eigenvalue weighted by molar-refractivity contribution is 7.16. The predicted molar refractivity (Wildman–Crippen MR) is 94.2 cm³/mol. The molecule has 0 atom stereocenters. The Morgan fingerprint density at radius 1 is 1.21 bits per heavy atom. The zero-order valence-corrected chi connectivity index (χ0v) is 14.3. The van der Waals surface area contributed by atoms with E-state index in [2.05, 4.69) is 12.1 Å². The van der Waals surface area contributed by atoms with Crippen LogP contribution in [-0.4, -0.2) is 29.9 Å². The average Bonchev–Trinajstić information content (AvgIpc) is 3.22. The molecule has 0 unspecified atom stereocenters.